The van der Waals surface area contributed by atoms with Crippen molar-refractivity contribution in [3.8, 4) is 0 Å². The quantitative estimate of drug-likeness (QED) is 0.855. The van der Waals surface area contributed by atoms with Gasteiger partial charge in [0, 0.05) is 18.8 Å². The number of nitrogens with zero attached hydrogens (tertiary/aromatic N) is 1. The number of carbonyl (C=O) groups excluding carboxylic acids is 1. The van der Waals surface area contributed by atoms with E-state index >= 15 is 0 Å². The number of hydrogen-bond acceptors (Lipinski definition) is 2. The standard InChI is InChI=1S/C14H21N3O/c1-10-5-11(2)7-13(6-10)17-9-12(3-4-15)8-16-14(17)18/h5-7,12H,3-4,8-9,15H2,1-2H3,(H,16,18). The average molecular weight is 247 g/mol. The summed E-state index contributed by atoms with van der Waals surface area (Å²) in [6.07, 6.45) is 0.946. The summed E-state index contributed by atoms with van der Waals surface area (Å²) in [6.45, 7) is 6.26. The van der Waals surface area contributed by atoms with Crippen LogP contribution in [0.2, 0.25) is 0 Å². The molecule has 0 bridgehead atoms. The fraction of sp³-hybridized carbons (Fsp3) is 0.500. The van der Waals surface area contributed by atoms with E-state index in [4.69, 9.17) is 5.73 Å². The molecule has 1 aliphatic rings. The molecule has 0 spiro atoms. The Morgan fingerprint density at radius 2 is 2.00 bits per heavy atom. The van der Waals surface area contributed by atoms with Gasteiger partial charge in [0.15, 0.2) is 0 Å². The Hall–Kier alpha value is -1.55. The Bertz CT molecular complexity index is 424. The molecule has 4 nitrogen and oxygen atoms in total. The fourth-order valence-electron chi connectivity index (χ4n) is 2.49. The number of nitrogens with one attached hydrogen (secondary N) is 1. The minimum absolute atomic E-state index is 0.00623. The Morgan fingerprint density at radius 3 is 2.61 bits per heavy atom. The molecule has 0 aromatic heterocycles. The van der Waals surface area contributed by atoms with Gasteiger partial charge in [0.25, 0.3) is 0 Å². The lowest BCUT2D eigenvalue weighted by molar-refractivity contribution is 0.236. The zero-order chi connectivity index (χ0) is 13.1. The van der Waals surface area contributed by atoms with E-state index in [1.165, 1.54) is 11.1 Å². The molecule has 0 aliphatic carbocycles. The molecule has 0 saturated carbocycles. The Balaban J connectivity index is 2.21. The molecule has 1 fully saturated rings. The number of rotatable bonds is 3. The van der Waals surface area contributed by atoms with Crippen LogP contribution in [0, 0.1) is 19.8 Å². The molecule has 18 heavy (non-hydrogen) atoms. The third-order valence-corrected chi connectivity index (χ3v) is 3.32. The predicted molar refractivity (Wildman–Crippen MR) is 73.8 cm³/mol. The highest BCUT2D eigenvalue weighted by molar-refractivity contribution is 5.92. The van der Waals surface area contributed by atoms with Crippen molar-refractivity contribution in [3.05, 3.63) is 29.3 Å². The second-order valence-electron chi connectivity index (χ2n) is 5.09. The summed E-state index contributed by atoms with van der Waals surface area (Å²) >= 11 is 0. The van der Waals surface area contributed by atoms with Gasteiger partial charge in [-0.2, -0.15) is 0 Å². The molecule has 1 atom stereocenters. The summed E-state index contributed by atoms with van der Waals surface area (Å²) in [5, 5.41) is 2.94. The number of benzene rings is 1. The summed E-state index contributed by atoms with van der Waals surface area (Å²) in [6, 6.07) is 6.21. The van der Waals surface area contributed by atoms with E-state index in [2.05, 4.69) is 37.4 Å². The van der Waals surface area contributed by atoms with Crippen molar-refractivity contribution in [1.82, 2.24) is 5.32 Å². The van der Waals surface area contributed by atoms with Gasteiger partial charge in [-0.3, -0.25) is 4.90 Å². The largest absolute Gasteiger partial charge is 0.337 e. The van der Waals surface area contributed by atoms with Gasteiger partial charge in [-0.15, -0.1) is 0 Å². The molecule has 2 amide bonds. The molecule has 3 N–H and O–H groups in total. The van der Waals surface area contributed by atoms with Crippen LogP contribution in [-0.4, -0.2) is 25.7 Å². The number of aryl methyl sites for hydroxylation is 2. The lowest BCUT2D eigenvalue weighted by Crippen LogP contribution is -2.51. The van der Waals surface area contributed by atoms with Crippen molar-refractivity contribution in [2.75, 3.05) is 24.5 Å². The van der Waals surface area contributed by atoms with Crippen LogP contribution in [0.5, 0.6) is 0 Å². The highest BCUT2D eigenvalue weighted by Crippen LogP contribution is 2.22. The minimum atomic E-state index is -0.00623. The minimum Gasteiger partial charge on any atom is -0.337 e. The first kappa shape index (κ1) is 12.9. The van der Waals surface area contributed by atoms with Crippen molar-refractivity contribution in [3.63, 3.8) is 0 Å². The van der Waals surface area contributed by atoms with Crippen molar-refractivity contribution < 1.29 is 4.79 Å². The number of amides is 2. The molecular formula is C14H21N3O. The normalized spacial score (nSPS) is 19.8. The van der Waals surface area contributed by atoms with E-state index in [9.17, 15) is 4.79 Å². The lowest BCUT2D eigenvalue weighted by Gasteiger charge is -2.33. The number of nitrogens with two attached hydrogens (primary N) is 1. The van der Waals surface area contributed by atoms with Crippen LogP contribution in [0.15, 0.2) is 18.2 Å². The third-order valence-electron chi connectivity index (χ3n) is 3.32. The van der Waals surface area contributed by atoms with Gasteiger partial charge >= 0.3 is 6.03 Å². The lowest BCUT2D eigenvalue weighted by atomic mass is 10.0. The number of hydrogen-bond donors (Lipinski definition) is 2. The van der Waals surface area contributed by atoms with Gasteiger partial charge in [-0.25, -0.2) is 4.79 Å². The van der Waals surface area contributed by atoms with Crippen LogP contribution in [0.3, 0.4) is 0 Å². The van der Waals surface area contributed by atoms with Crippen LogP contribution in [0.25, 0.3) is 0 Å². The summed E-state index contributed by atoms with van der Waals surface area (Å²) in [4.78, 5) is 13.8. The monoisotopic (exact) mass is 247 g/mol. The van der Waals surface area contributed by atoms with Crippen LogP contribution >= 0.6 is 0 Å². The Kier molecular flexibility index (Phi) is 3.87. The highest BCUT2D eigenvalue weighted by atomic mass is 16.2. The van der Waals surface area contributed by atoms with Crippen molar-refractivity contribution in [2.45, 2.75) is 20.3 Å². The first-order valence-electron chi connectivity index (χ1n) is 6.44. The summed E-state index contributed by atoms with van der Waals surface area (Å²) < 4.78 is 0. The molecule has 1 aliphatic heterocycles. The fourth-order valence-corrected chi connectivity index (χ4v) is 2.49. The average Bonchev–Trinajstić information content (AvgIpc) is 2.30. The van der Waals surface area contributed by atoms with E-state index in [1.807, 2.05) is 4.90 Å². The predicted octanol–water partition coefficient (Wildman–Crippen LogP) is 1.80. The van der Waals surface area contributed by atoms with Gasteiger partial charge < -0.3 is 11.1 Å². The molecule has 0 radical (unpaired) electrons. The van der Waals surface area contributed by atoms with Gasteiger partial charge in [0.1, 0.15) is 0 Å². The number of anilines is 1. The Morgan fingerprint density at radius 1 is 1.33 bits per heavy atom. The van der Waals surface area contributed by atoms with Crippen molar-refractivity contribution in [1.29, 1.82) is 0 Å². The number of carbonyl (C=O) groups is 1. The van der Waals surface area contributed by atoms with Gasteiger partial charge in [-0.1, -0.05) is 6.07 Å². The molecule has 2 rings (SSSR count). The maximum atomic E-state index is 12.0. The second-order valence-corrected chi connectivity index (χ2v) is 5.09. The summed E-state index contributed by atoms with van der Waals surface area (Å²) in [7, 11) is 0. The first-order valence-corrected chi connectivity index (χ1v) is 6.44. The molecule has 1 aromatic rings. The highest BCUT2D eigenvalue weighted by Gasteiger charge is 2.25. The molecule has 4 heteroatoms. The summed E-state index contributed by atoms with van der Waals surface area (Å²) in [5.41, 5.74) is 8.93. The van der Waals surface area contributed by atoms with E-state index in [-0.39, 0.29) is 6.03 Å². The maximum Gasteiger partial charge on any atom is 0.321 e. The molecule has 1 aromatic carbocycles. The second kappa shape index (κ2) is 5.40. The van der Waals surface area contributed by atoms with E-state index in [1.54, 1.807) is 0 Å². The van der Waals surface area contributed by atoms with Crippen molar-refractivity contribution >= 4 is 11.7 Å². The van der Waals surface area contributed by atoms with E-state index in [0.29, 0.717) is 12.5 Å². The third kappa shape index (κ3) is 2.82. The van der Waals surface area contributed by atoms with Crippen LogP contribution < -0.4 is 16.0 Å². The van der Waals surface area contributed by atoms with Crippen molar-refractivity contribution in [2.24, 2.45) is 11.7 Å². The van der Waals surface area contributed by atoms with E-state index < -0.39 is 0 Å². The molecular weight excluding hydrogens is 226 g/mol. The zero-order valence-corrected chi connectivity index (χ0v) is 11.1. The zero-order valence-electron chi connectivity index (χ0n) is 11.1. The molecule has 1 heterocycles. The maximum absolute atomic E-state index is 12.0. The smallest absolute Gasteiger partial charge is 0.321 e. The first-order chi connectivity index (χ1) is 8.60. The topological polar surface area (TPSA) is 58.4 Å². The van der Waals surface area contributed by atoms with Crippen LogP contribution in [0.1, 0.15) is 17.5 Å². The molecule has 1 unspecified atom stereocenters. The summed E-state index contributed by atoms with van der Waals surface area (Å²) in [5.74, 6) is 0.438. The molecule has 1 saturated heterocycles. The van der Waals surface area contributed by atoms with E-state index in [0.717, 1.165) is 25.2 Å². The Labute approximate surface area is 108 Å². The van der Waals surface area contributed by atoms with Gasteiger partial charge in [0.2, 0.25) is 0 Å². The van der Waals surface area contributed by atoms with Gasteiger partial charge in [-0.05, 0) is 56.0 Å². The van der Waals surface area contributed by atoms with Crippen LogP contribution in [-0.2, 0) is 0 Å². The SMILES string of the molecule is Cc1cc(C)cc(N2CC(CCN)CNC2=O)c1. The molecule has 98 valence electrons. The number of urea groups is 1. The van der Waals surface area contributed by atoms with Crippen LogP contribution in [0.4, 0.5) is 10.5 Å². The van der Waals surface area contributed by atoms with Gasteiger partial charge in [0.05, 0.1) is 0 Å².